The maximum Gasteiger partial charge on any atom is 0.0410 e. The van der Waals surface area contributed by atoms with E-state index in [9.17, 15) is 5.21 Å². The van der Waals surface area contributed by atoms with Crippen molar-refractivity contribution in [1.29, 1.82) is 0 Å². The summed E-state index contributed by atoms with van der Waals surface area (Å²) in [6.07, 6.45) is 3.27. The first kappa shape index (κ1) is 4.21. The molecule has 0 bridgehead atoms. The van der Waals surface area contributed by atoms with Crippen LogP contribution in [0, 0.1) is 5.21 Å². The molecular weight excluding hydrogens is 92.1 g/mol. The number of rotatable bonds is 1. The molecule has 0 fully saturated rings. The summed E-state index contributed by atoms with van der Waals surface area (Å²) in [5.74, 6) is 0. The number of hydrogen-bond donors (Lipinski definition) is 2. The number of H-pyrrole nitrogens is 1. The summed E-state index contributed by atoms with van der Waals surface area (Å²) in [5.41, 5.74) is 2.30. The van der Waals surface area contributed by atoms with Gasteiger partial charge in [0.05, 0.1) is 0 Å². The van der Waals surface area contributed by atoms with E-state index in [2.05, 4.69) is 4.98 Å². The Balaban J connectivity index is 2.76. The third-order valence-corrected chi connectivity index (χ3v) is 0.716. The van der Waals surface area contributed by atoms with Crippen LogP contribution in [0.2, 0.25) is 0 Å². The lowest BCUT2D eigenvalue weighted by Gasteiger charge is -2.02. The summed E-state index contributed by atoms with van der Waals surface area (Å²) in [6, 6.07) is 1.66. The van der Waals surface area contributed by atoms with Crippen LogP contribution in [-0.4, -0.2) is 4.98 Å². The minimum atomic E-state index is 0.569. The molecule has 3 nitrogen and oxygen atoms in total. The second kappa shape index (κ2) is 1.66. The third-order valence-electron chi connectivity index (χ3n) is 0.716. The highest BCUT2D eigenvalue weighted by molar-refractivity contribution is 5.40. The summed E-state index contributed by atoms with van der Waals surface area (Å²) in [5, 5.41) is 9.72. The van der Waals surface area contributed by atoms with Gasteiger partial charge in [0.2, 0.25) is 0 Å². The van der Waals surface area contributed by atoms with Gasteiger partial charge in [-0.15, -0.1) is 0 Å². The fourth-order valence-electron chi connectivity index (χ4n) is 0.387. The summed E-state index contributed by atoms with van der Waals surface area (Å²) in [7, 11) is 0. The molecule has 0 spiro atoms. The molecule has 7 heavy (non-hydrogen) atoms. The molecular formula is C4H5N2O-. The maximum absolute atomic E-state index is 9.72. The van der Waals surface area contributed by atoms with Crippen LogP contribution in [0.25, 0.3) is 0 Å². The van der Waals surface area contributed by atoms with Crippen LogP contribution in [0.15, 0.2) is 18.5 Å². The first-order valence-electron chi connectivity index (χ1n) is 1.94. The summed E-state index contributed by atoms with van der Waals surface area (Å²) in [6.45, 7) is 0. The predicted molar refractivity (Wildman–Crippen MR) is 27.8 cm³/mol. The Morgan fingerprint density at radius 2 is 2.57 bits per heavy atom. The van der Waals surface area contributed by atoms with Gasteiger partial charge in [-0.1, -0.05) is 0 Å². The van der Waals surface area contributed by atoms with Crippen LogP contribution in [0.3, 0.4) is 0 Å². The monoisotopic (exact) mass is 97.0 g/mol. The van der Waals surface area contributed by atoms with Crippen molar-refractivity contribution >= 4 is 5.69 Å². The van der Waals surface area contributed by atoms with Crippen molar-refractivity contribution in [3.05, 3.63) is 23.7 Å². The standard InChI is InChI=1S/C4H5N2O/c7-6-4-1-2-5-3-4/h1-3,5-6H/q-1. The van der Waals surface area contributed by atoms with Crippen molar-refractivity contribution in [3.8, 4) is 0 Å². The molecule has 0 saturated heterocycles. The topological polar surface area (TPSA) is 50.9 Å². The minimum absolute atomic E-state index is 0.569. The summed E-state index contributed by atoms with van der Waals surface area (Å²) in [4.78, 5) is 2.72. The zero-order valence-corrected chi connectivity index (χ0v) is 3.64. The first-order chi connectivity index (χ1) is 3.43. The molecule has 0 radical (unpaired) electrons. The molecule has 1 heterocycles. The Hall–Kier alpha value is -0.960. The van der Waals surface area contributed by atoms with Crippen LogP contribution >= 0.6 is 0 Å². The highest BCUT2D eigenvalue weighted by Crippen LogP contribution is 1.99. The molecule has 38 valence electrons. The van der Waals surface area contributed by atoms with Crippen LogP contribution in [-0.2, 0) is 0 Å². The molecule has 1 rings (SSSR count). The first-order valence-corrected chi connectivity index (χ1v) is 1.94. The molecule has 2 N–H and O–H groups in total. The van der Waals surface area contributed by atoms with Gasteiger partial charge in [0.1, 0.15) is 0 Å². The molecule has 1 aromatic rings. The van der Waals surface area contributed by atoms with Crippen molar-refractivity contribution in [2.45, 2.75) is 0 Å². The molecule has 0 saturated carbocycles. The zero-order chi connectivity index (χ0) is 5.11. The van der Waals surface area contributed by atoms with E-state index in [4.69, 9.17) is 0 Å². The molecule has 0 unspecified atom stereocenters. The van der Waals surface area contributed by atoms with E-state index < -0.39 is 0 Å². The number of aromatic nitrogens is 1. The van der Waals surface area contributed by atoms with Crippen LogP contribution in [0.5, 0.6) is 0 Å². The van der Waals surface area contributed by atoms with E-state index in [1.165, 1.54) is 0 Å². The van der Waals surface area contributed by atoms with Crippen LogP contribution in [0.1, 0.15) is 0 Å². The molecule has 0 aromatic carbocycles. The van der Waals surface area contributed by atoms with Crippen molar-refractivity contribution in [3.63, 3.8) is 0 Å². The normalized spacial score (nSPS) is 8.71. The van der Waals surface area contributed by atoms with E-state index >= 15 is 0 Å². The predicted octanol–water partition coefficient (Wildman–Crippen LogP) is 0.924. The van der Waals surface area contributed by atoms with Gasteiger partial charge in [-0.3, -0.25) is 0 Å². The Bertz CT molecular complexity index is 124. The Morgan fingerprint density at radius 3 is 2.86 bits per heavy atom. The van der Waals surface area contributed by atoms with Gasteiger partial charge in [0.25, 0.3) is 0 Å². The van der Waals surface area contributed by atoms with E-state index in [0.717, 1.165) is 0 Å². The molecule has 0 amide bonds. The van der Waals surface area contributed by atoms with Crippen molar-refractivity contribution in [2.75, 3.05) is 5.48 Å². The van der Waals surface area contributed by atoms with Gasteiger partial charge in [0.15, 0.2) is 0 Å². The zero-order valence-electron chi connectivity index (χ0n) is 3.64. The van der Waals surface area contributed by atoms with Crippen molar-refractivity contribution in [2.24, 2.45) is 0 Å². The van der Waals surface area contributed by atoms with Crippen LogP contribution in [0.4, 0.5) is 5.69 Å². The van der Waals surface area contributed by atoms with Gasteiger partial charge in [0, 0.05) is 18.1 Å². The minimum Gasteiger partial charge on any atom is -0.761 e. The number of hydrogen-bond acceptors (Lipinski definition) is 2. The molecule has 0 atom stereocenters. The smallest absolute Gasteiger partial charge is 0.0410 e. The molecule has 0 aliphatic carbocycles. The molecule has 0 aliphatic rings. The lowest BCUT2D eigenvalue weighted by molar-refractivity contribution is 1.41. The number of anilines is 1. The highest BCUT2D eigenvalue weighted by atomic mass is 16.5. The van der Waals surface area contributed by atoms with Gasteiger partial charge >= 0.3 is 0 Å². The van der Waals surface area contributed by atoms with E-state index in [-0.39, 0.29) is 0 Å². The Kier molecular flexibility index (Phi) is 0.997. The van der Waals surface area contributed by atoms with E-state index in [1.54, 1.807) is 23.9 Å². The van der Waals surface area contributed by atoms with Crippen LogP contribution < -0.4 is 5.48 Å². The van der Waals surface area contributed by atoms with Gasteiger partial charge in [-0.05, 0) is 6.07 Å². The SMILES string of the molecule is [O-]Nc1cc[nH]c1. The second-order valence-corrected chi connectivity index (χ2v) is 1.20. The Labute approximate surface area is 40.9 Å². The largest absolute Gasteiger partial charge is 0.761 e. The molecule has 1 aromatic heterocycles. The molecule has 0 aliphatic heterocycles. The number of nitrogens with one attached hydrogen (secondary N) is 2. The van der Waals surface area contributed by atoms with Gasteiger partial charge < -0.3 is 15.7 Å². The Morgan fingerprint density at radius 1 is 1.71 bits per heavy atom. The average molecular weight is 97.1 g/mol. The third kappa shape index (κ3) is 0.721. The van der Waals surface area contributed by atoms with Crippen molar-refractivity contribution < 1.29 is 0 Å². The average Bonchev–Trinajstić information content (AvgIpc) is 2.14. The van der Waals surface area contributed by atoms with Crippen molar-refractivity contribution in [1.82, 2.24) is 4.98 Å². The lowest BCUT2D eigenvalue weighted by Crippen LogP contribution is -1.77. The second-order valence-electron chi connectivity index (χ2n) is 1.20. The maximum atomic E-state index is 9.72. The fourth-order valence-corrected chi connectivity index (χ4v) is 0.387. The highest BCUT2D eigenvalue weighted by Gasteiger charge is 1.76. The van der Waals surface area contributed by atoms with E-state index in [0.29, 0.717) is 5.69 Å². The van der Waals surface area contributed by atoms with E-state index in [1.807, 2.05) is 0 Å². The lowest BCUT2D eigenvalue weighted by atomic mass is 10.6. The van der Waals surface area contributed by atoms with Gasteiger partial charge in [-0.2, -0.15) is 0 Å². The van der Waals surface area contributed by atoms with Gasteiger partial charge in [-0.25, -0.2) is 0 Å². The number of aromatic amines is 1. The summed E-state index contributed by atoms with van der Waals surface area (Å²) < 4.78 is 0. The molecule has 3 heteroatoms. The fraction of sp³-hybridized carbons (Fsp3) is 0. The quantitative estimate of drug-likeness (QED) is 0.512. The summed E-state index contributed by atoms with van der Waals surface area (Å²) >= 11 is 0.